The number of nitrogens with one attached hydrogen (secondary N) is 2. The van der Waals surface area contributed by atoms with Crippen molar-refractivity contribution in [2.24, 2.45) is 0 Å². The van der Waals surface area contributed by atoms with E-state index in [4.69, 9.17) is 4.74 Å². The van der Waals surface area contributed by atoms with Crippen molar-refractivity contribution < 1.29 is 14.3 Å². The second kappa shape index (κ2) is 9.12. The molecule has 2 aliphatic rings. The molecule has 1 aliphatic heterocycles. The molecule has 0 radical (unpaired) electrons. The van der Waals surface area contributed by atoms with Crippen LogP contribution >= 0.6 is 11.8 Å². The molecule has 1 atom stereocenters. The predicted molar refractivity (Wildman–Crippen MR) is 104 cm³/mol. The summed E-state index contributed by atoms with van der Waals surface area (Å²) in [7, 11) is 0. The Morgan fingerprint density at radius 2 is 1.92 bits per heavy atom. The van der Waals surface area contributed by atoms with Crippen LogP contribution in [0.15, 0.2) is 41.6 Å². The van der Waals surface area contributed by atoms with Crippen molar-refractivity contribution >= 4 is 23.8 Å². The van der Waals surface area contributed by atoms with Gasteiger partial charge < -0.3 is 15.4 Å². The molecule has 3 rings (SSSR count). The number of urea groups is 1. The van der Waals surface area contributed by atoms with Crippen LogP contribution in [0.5, 0.6) is 0 Å². The van der Waals surface area contributed by atoms with E-state index in [1.54, 1.807) is 6.92 Å². The number of carbonyl (C=O) groups excluding carboxylic acids is 2. The van der Waals surface area contributed by atoms with Gasteiger partial charge in [0.1, 0.15) is 0 Å². The van der Waals surface area contributed by atoms with E-state index in [2.05, 4.69) is 10.6 Å². The Morgan fingerprint density at radius 1 is 1.19 bits per heavy atom. The molecule has 1 aliphatic carbocycles. The number of hydrogen-bond acceptors (Lipinski definition) is 4. The van der Waals surface area contributed by atoms with Crippen molar-refractivity contribution in [3.63, 3.8) is 0 Å². The minimum Gasteiger partial charge on any atom is -0.463 e. The van der Waals surface area contributed by atoms with Gasteiger partial charge in [-0.15, -0.1) is 0 Å². The highest BCUT2D eigenvalue weighted by Gasteiger charge is 2.33. The van der Waals surface area contributed by atoms with Crippen molar-refractivity contribution in [2.45, 2.75) is 50.3 Å². The summed E-state index contributed by atoms with van der Waals surface area (Å²) in [6.45, 7) is 2.10. The Morgan fingerprint density at radius 3 is 2.62 bits per heavy atom. The monoisotopic (exact) mass is 374 g/mol. The van der Waals surface area contributed by atoms with Crippen LogP contribution in [0.4, 0.5) is 4.79 Å². The lowest BCUT2D eigenvalue weighted by Crippen LogP contribution is -2.46. The molecule has 26 heavy (non-hydrogen) atoms. The fourth-order valence-corrected chi connectivity index (χ4v) is 4.81. The van der Waals surface area contributed by atoms with Crippen LogP contribution in [0.25, 0.3) is 0 Å². The molecule has 140 valence electrons. The molecule has 0 aromatic heterocycles. The van der Waals surface area contributed by atoms with E-state index in [-0.39, 0.29) is 12.0 Å². The topological polar surface area (TPSA) is 67.4 Å². The molecule has 6 heteroatoms. The number of thioether (sulfide) groups is 1. The third kappa shape index (κ3) is 4.61. The highest BCUT2D eigenvalue weighted by Crippen LogP contribution is 2.33. The third-order valence-corrected chi connectivity index (χ3v) is 6.20. The maximum Gasteiger partial charge on any atom is 0.338 e. The van der Waals surface area contributed by atoms with Gasteiger partial charge in [0.15, 0.2) is 0 Å². The molecule has 1 fully saturated rings. The first-order chi connectivity index (χ1) is 12.7. The number of esters is 1. The summed E-state index contributed by atoms with van der Waals surface area (Å²) in [6.07, 6.45) is 6.26. The van der Waals surface area contributed by atoms with Crippen LogP contribution in [0, 0.1) is 0 Å². The summed E-state index contributed by atoms with van der Waals surface area (Å²) in [5, 5.41) is 6.32. The van der Waals surface area contributed by atoms with Gasteiger partial charge >= 0.3 is 12.0 Å². The van der Waals surface area contributed by atoms with Crippen molar-refractivity contribution in [2.75, 3.05) is 12.4 Å². The van der Waals surface area contributed by atoms with E-state index in [1.807, 2.05) is 42.1 Å². The lowest BCUT2D eigenvalue weighted by Gasteiger charge is -2.30. The third-order valence-electron chi connectivity index (χ3n) is 4.80. The number of rotatable bonds is 6. The Kier molecular flexibility index (Phi) is 6.61. The number of amides is 2. The number of hydrogen-bond donors (Lipinski definition) is 2. The second-order valence-electron chi connectivity index (χ2n) is 6.63. The molecule has 1 aromatic rings. The van der Waals surface area contributed by atoms with E-state index in [0.717, 1.165) is 5.56 Å². The average Bonchev–Trinajstić information content (AvgIpc) is 2.67. The van der Waals surface area contributed by atoms with Gasteiger partial charge in [0, 0.05) is 16.7 Å². The molecule has 2 N–H and O–H groups in total. The molecule has 0 spiro atoms. The molecule has 2 amide bonds. The van der Waals surface area contributed by atoms with Gasteiger partial charge in [-0.2, -0.15) is 11.8 Å². The summed E-state index contributed by atoms with van der Waals surface area (Å²) in [5.74, 6) is 0.253. The van der Waals surface area contributed by atoms with E-state index < -0.39 is 6.04 Å². The molecule has 1 unspecified atom stereocenters. The lowest BCUT2D eigenvalue weighted by molar-refractivity contribution is -0.139. The molecular weight excluding hydrogens is 348 g/mol. The van der Waals surface area contributed by atoms with Crippen LogP contribution in [-0.2, 0) is 9.53 Å². The van der Waals surface area contributed by atoms with Gasteiger partial charge in [0.25, 0.3) is 0 Å². The highest BCUT2D eigenvalue weighted by molar-refractivity contribution is 8.00. The minimum atomic E-state index is -0.481. The maximum atomic E-state index is 12.7. The summed E-state index contributed by atoms with van der Waals surface area (Å²) < 4.78 is 5.29. The van der Waals surface area contributed by atoms with Gasteiger partial charge in [-0.25, -0.2) is 9.59 Å². The predicted octanol–water partition coefficient (Wildman–Crippen LogP) is 3.92. The Balaban J connectivity index is 1.87. The Hall–Kier alpha value is -1.95. The van der Waals surface area contributed by atoms with Gasteiger partial charge in [0.2, 0.25) is 0 Å². The fraction of sp³-hybridized carbons (Fsp3) is 0.500. The largest absolute Gasteiger partial charge is 0.463 e. The van der Waals surface area contributed by atoms with Crippen LogP contribution in [0.2, 0.25) is 0 Å². The molecule has 0 bridgehead atoms. The van der Waals surface area contributed by atoms with E-state index in [0.29, 0.717) is 28.9 Å². The summed E-state index contributed by atoms with van der Waals surface area (Å²) >= 11 is 1.83. The Bertz CT molecular complexity index is 669. The van der Waals surface area contributed by atoms with Gasteiger partial charge in [-0.05, 0) is 25.3 Å². The van der Waals surface area contributed by atoms with Crippen molar-refractivity contribution in [3.8, 4) is 0 Å². The molecule has 1 saturated carbocycles. The van der Waals surface area contributed by atoms with E-state index in [9.17, 15) is 9.59 Å². The smallest absolute Gasteiger partial charge is 0.338 e. The molecule has 5 nitrogen and oxygen atoms in total. The zero-order chi connectivity index (χ0) is 18.4. The highest BCUT2D eigenvalue weighted by atomic mass is 32.2. The zero-order valence-electron chi connectivity index (χ0n) is 15.1. The van der Waals surface area contributed by atoms with Crippen LogP contribution < -0.4 is 10.6 Å². The molecule has 1 heterocycles. The summed E-state index contributed by atoms with van der Waals surface area (Å²) in [4.78, 5) is 24.9. The second-order valence-corrected chi connectivity index (χ2v) is 7.91. The standard InChI is InChI=1S/C20H26N2O3S/c1-2-25-19(23)17-16(13-26-15-11-7-4-8-12-15)21-20(24)22-18(17)14-9-5-3-6-10-14/h3,5-6,9-10,15,18H,2,4,7-8,11-13H2,1H3,(H2,21,22,24). The first-order valence-corrected chi connectivity index (χ1v) is 10.4. The summed E-state index contributed by atoms with van der Waals surface area (Å²) in [5.41, 5.74) is 2.07. The SMILES string of the molecule is CCOC(=O)C1=C(CSC2CCCCC2)NC(=O)NC1c1ccccc1. The normalized spacial score (nSPS) is 21.1. The first kappa shape index (κ1) is 18.8. The van der Waals surface area contributed by atoms with E-state index in [1.165, 1.54) is 32.1 Å². The van der Waals surface area contributed by atoms with Gasteiger partial charge in [-0.1, -0.05) is 49.6 Å². The van der Waals surface area contributed by atoms with E-state index >= 15 is 0 Å². The molecule has 1 aromatic carbocycles. The average molecular weight is 375 g/mol. The summed E-state index contributed by atoms with van der Waals surface area (Å²) in [6, 6.07) is 8.81. The Labute approximate surface area is 158 Å². The lowest BCUT2D eigenvalue weighted by atomic mass is 9.95. The first-order valence-electron chi connectivity index (χ1n) is 9.33. The minimum absolute atomic E-state index is 0.272. The number of benzene rings is 1. The molecular formula is C20H26N2O3S. The van der Waals surface area contributed by atoms with Crippen LogP contribution in [0.1, 0.15) is 50.6 Å². The van der Waals surface area contributed by atoms with Gasteiger partial charge in [0.05, 0.1) is 18.2 Å². The molecule has 0 saturated heterocycles. The van der Waals surface area contributed by atoms with Crippen LogP contribution in [0.3, 0.4) is 0 Å². The maximum absolute atomic E-state index is 12.7. The van der Waals surface area contributed by atoms with Crippen molar-refractivity contribution in [1.82, 2.24) is 10.6 Å². The number of ether oxygens (including phenoxy) is 1. The van der Waals surface area contributed by atoms with Gasteiger partial charge in [-0.3, -0.25) is 0 Å². The fourth-order valence-electron chi connectivity index (χ4n) is 3.51. The zero-order valence-corrected chi connectivity index (χ0v) is 15.9. The van der Waals surface area contributed by atoms with Crippen molar-refractivity contribution in [1.29, 1.82) is 0 Å². The number of carbonyl (C=O) groups is 2. The van der Waals surface area contributed by atoms with Crippen LogP contribution in [-0.4, -0.2) is 29.6 Å². The van der Waals surface area contributed by atoms with Crippen molar-refractivity contribution in [3.05, 3.63) is 47.2 Å². The quantitative estimate of drug-likeness (QED) is 0.741.